The van der Waals surface area contributed by atoms with Gasteiger partial charge in [-0.25, -0.2) is 4.57 Å². The smallest absolute Gasteiger partial charge is 0.286 e. The van der Waals surface area contributed by atoms with Crippen molar-refractivity contribution >= 4 is 29.8 Å². The van der Waals surface area contributed by atoms with Gasteiger partial charge in [-0.3, -0.25) is 0 Å². The lowest BCUT2D eigenvalue weighted by Crippen LogP contribution is -2.59. The van der Waals surface area contributed by atoms with Crippen LogP contribution in [0.1, 0.15) is 5.56 Å². The normalized spacial score (nSPS) is 14.8. The summed E-state index contributed by atoms with van der Waals surface area (Å²) >= 11 is 0. The molecule has 0 bridgehead atoms. The lowest BCUT2D eigenvalue weighted by atomic mass is 10.0. The third-order valence-corrected chi connectivity index (χ3v) is 9.04. The van der Waals surface area contributed by atoms with E-state index in [-0.39, 0.29) is 0 Å². The first-order chi connectivity index (χ1) is 11.9. The maximum atomic E-state index is 4.26. The summed E-state index contributed by atoms with van der Waals surface area (Å²) in [5.74, 6) is 0. The lowest BCUT2D eigenvalue weighted by Gasteiger charge is -2.40. The van der Waals surface area contributed by atoms with Gasteiger partial charge in [-0.1, -0.05) is 42.3 Å². The molecule has 3 nitrogen and oxygen atoms in total. The maximum Gasteiger partial charge on any atom is 0.286 e. The average molecular weight is 347 g/mol. The van der Waals surface area contributed by atoms with Gasteiger partial charge in [0, 0.05) is 30.1 Å². The maximum absolute atomic E-state index is 4.26. The van der Waals surface area contributed by atoms with Crippen LogP contribution in [0.2, 0.25) is 13.1 Å². The van der Waals surface area contributed by atoms with Gasteiger partial charge in [-0.05, 0) is 35.0 Å². The minimum Gasteiger partial charge on any atom is -0.345 e. The molecule has 0 N–H and O–H groups in total. The molecule has 0 radical (unpaired) electrons. The Hall–Kier alpha value is -2.46. The van der Waals surface area contributed by atoms with E-state index in [1.807, 2.05) is 12.5 Å². The number of aryl methyl sites for hydroxylation is 2. The van der Waals surface area contributed by atoms with Crippen LogP contribution in [0.3, 0.4) is 0 Å². The Morgan fingerprint density at radius 1 is 1.00 bits per heavy atom. The van der Waals surface area contributed by atoms with Crippen LogP contribution in [0.25, 0.3) is 11.3 Å². The molecule has 0 spiro atoms. The van der Waals surface area contributed by atoms with Crippen molar-refractivity contribution in [3.05, 3.63) is 60.6 Å². The van der Waals surface area contributed by atoms with Crippen molar-refractivity contribution in [1.82, 2.24) is 4.98 Å². The van der Waals surface area contributed by atoms with E-state index in [0.29, 0.717) is 0 Å². The number of benzene rings is 2. The number of anilines is 2. The second-order valence-electron chi connectivity index (χ2n) is 7.43. The molecule has 3 aromatic rings. The van der Waals surface area contributed by atoms with E-state index in [0.717, 1.165) is 0 Å². The minimum absolute atomic E-state index is 1.23. The van der Waals surface area contributed by atoms with Crippen molar-refractivity contribution in [2.45, 2.75) is 20.0 Å². The number of hydrogen-bond acceptors (Lipinski definition) is 2. The minimum atomic E-state index is -1.83. The van der Waals surface area contributed by atoms with Gasteiger partial charge in [0.15, 0.2) is 0 Å². The number of rotatable bonds is 1. The molecule has 0 aliphatic carbocycles. The topological polar surface area (TPSA) is 20.0 Å². The summed E-state index contributed by atoms with van der Waals surface area (Å²) in [7, 11) is 2.44. The number of hydrogen-bond donors (Lipinski definition) is 0. The Morgan fingerprint density at radius 3 is 2.52 bits per heavy atom. The summed E-state index contributed by atoms with van der Waals surface area (Å²) in [5.41, 5.74) is 6.63. The van der Waals surface area contributed by atoms with Crippen LogP contribution in [-0.2, 0) is 7.05 Å². The molecule has 2 heterocycles. The summed E-state index contributed by atoms with van der Waals surface area (Å²) in [6.07, 6.45) is 3.78. The zero-order valence-corrected chi connectivity index (χ0v) is 16.5. The highest BCUT2D eigenvalue weighted by atomic mass is 28.3. The molecule has 1 aliphatic heterocycles. The third-order valence-electron chi connectivity index (χ3n) is 5.51. The van der Waals surface area contributed by atoms with Crippen molar-refractivity contribution in [2.24, 2.45) is 7.05 Å². The molecular weight excluding hydrogens is 322 g/mol. The number of para-hydroxylation sites is 1. The molecule has 0 fully saturated rings. The molecule has 1 aromatic heterocycles. The van der Waals surface area contributed by atoms with Crippen LogP contribution < -0.4 is 19.8 Å². The van der Waals surface area contributed by atoms with Crippen LogP contribution >= 0.6 is 0 Å². The largest absolute Gasteiger partial charge is 0.345 e. The van der Waals surface area contributed by atoms with Gasteiger partial charge in [0.1, 0.15) is 20.0 Å². The van der Waals surface area contributed by atoms with Crippen LogP contribution in [0, 0.1) is 6.92 Å². The number of aromatic nitrogens is 2. The van der Waals surface area contributed by atoms with Gasteiger partial charge in [0.05, 0.1) is 7.05 Å². The van der Waals surface area contributed by atoms with E-state index in [9.17, 15) is 0 Å². The summed E-state index contributed by atoms with van der Waals surface area (Å²) in [4.78, 5) is 6.62. The molecule has 0 amide bonds. The molecule has 0 unspecified atom stereocenters. The Labute approximate surface area is 150 Å². The van der Waals surface area contributed by atoms with Gasteiger partial charge in [0.2, 0.25) is 0 Å². The average Bonchev–Trinajstić information content (AvgIpc) is 2.61. The second kappa shape index (κ2) is 5.53. The van der Waals surface area contributed by atoms with Crippen LogP contribution in [0.15, 0.2) is 55.0 Å². The first-order valence-corrected chi connectivity index (χ1v) is 11.7. The van der Waals surface area contributed by atoms with E-state index in [1.165, 1.54) is 38.6 Å². The van der Waals surface area contributed by atoms with E-state index in [1.54, 1.807) is 0 Å². The third kappa shape index (κ3) is 2.24. The zero-order valence-electron chi connectivity index (χ0n) is 15.5. The van der Waals surface area contributed by atoms with Gasteiger partial charge < -0.3 is 4.90 Å². The Morgan fingerprint density at radius 2 is 1.76 bits per heavy atom. The molecular formula is C21H24N3Si+. The predicted molar refractivity (Wildman–Crippen MR) is 107 cm³/mol. The van der Waals surface area contributed by atoms with Gasteiger partial charge >= 0.3 is 0 Å². The Balaban J connectivity index is 2.10. The molecule has 1 aliphatic rings. The van der Waals surface area contributed by atoms with Crippen molar-refractivity contribution in [3.63, 3.8) is 0 Å². The molecule has 25 heavy (non-hydrogen) atoms. The highest BCUT2D eigenvalue weighted by molar-refractivity contribution is 7.03. The number of fused-ring (bicyclic) bond motifs is 2. The predicted octanol–water partition coefficient (Wildman–Crippen LogP) is 2.79. The second-order valence-corrected chi connectivity index (χ2v) is 11.7. The highest BCUT2D eigenvalue weighted by Crippen LogP contribution is 2.34. The molecule has 126 valence electrons. The SMILES string of the molecule is Cc1ccc2c(c1-c1ccnc[n+]1C)[Si](C)(C)c1ccccc1N2C. The summed E-state index contributed by atoms with van der Waals surface area (Å²) < 4.78 is 2.13. The lowest BCUT2D eigenvalue weighted by molar-refractivity contribution is -0.663. The van der Waals surface area contributed by atoms with Crippen molar-refractivity contribution in [2.75, 3.05) is 11.9 Å². The van der Waals surface area contributed by atoms with Crippen molar-refractivity contribution in [3.8, 4) is 11.3 Å². The van der Waals surface area contributed by atoms with Gasteiger partial charge in [-0.15, -0.1) is 0 Å². The zero-order chi connectivity index (χ0) is 17.8. The monoisotopic (exact) mass is 346 g/mol. The fourth-order valence-corrected chi connectivity index (χ4v) is 7.70. The first-order valence-electron chi connectivity index (χ1n) is 8.70. The molecule has 2 aromatic carbocycles. The molecule has 0 saturated carbocycles. The standard InChI is InChI=1S/C21H24N3Si/c1-15-10-11-18-21(20(15)17-12-13-22-14-23(17)2)25(4,5)19-9-7-6-8-16(19)24(18)3/h6-14H,1-5H3/q+1. The number of nitrogens with zero attached hydrogens (tertiary/aromatic N) is 3. The summed E-state index contributed by atoms with van der Waals surface area (Å²) in [6.45, 7) is 7.17. The highest BCUT2D eigenvalue weighted by Gasteiger charge is 2.40. The van der Waals surface area contributed by atoms with E-state index in [4.69, 9.17) is 0 Å². The molecule has 4 heteroatoms. The Bertz CT molecular complexity index is 979. The Kier molecular flexibility index (Phi) is 3.54. The molecule has 0 saturated heterocycles. The fraction of sp³-hybridized carbons (Fsp3) is 0.238. The van der Waals surface area contributed by atoms with Crippen molar-refractivity contribution < 1.29 is 4.57 Å². The molecule has 0 atom stereocenters. The van der Waals surface area contributed by atoms with Gasteiger partial charge in [0.25, 0.3) is 6.33 Å². The fourth-order valence-electron chi connectivity index (χ4n) is 4.19. The van der Waals surface area contributed by atoms with E-state index >= 15 is 0 Å². The summed E-state index contributed by atoms with van der Waals surface area (Å²) in [5, 5.41) is 3.03. The van der Waals surface area contributed by atoms with E-state index < -0.39 is 8.07 Å². The van der Waals surface area contributed by atoms with Crippen LogP contribution in [0.5, 0.6) is 0 Å². The summed E-state index contributed by atoms with van der Waals surface area (Å²) in [6, 6.07) is 15.6. The van der Waals surface area contributed by atoms with Gasteiger partial charge in [-0.2, -0.15) is 0 Å². The quantitative estimate of drug-likeness (QED) is 0.499. The first kappa shape index (κ1) is 16.0. The van der Waals surface area contributed by atoms with Crippen LogP contribution in [0.4, 0.5) is 11.4 Å². The molecule has 4 rings (SSSR count). The van der Waals surface area contributed by atoms with Crippen molar-refractivity contribution in [1.29, 1.82) is 0 Å². The van der Waals surface area contributed by atoms with E-state index in [2.05, 4.69) is 91.0 Å². The van der Waals surface area contributed by atoms with Crippen LogP contribution in [-0.4, -0.2) is 20.1 Å².